The third-order valence-corrected chi connectivity index (χ3v) is 5.87. The molecule has 0 bridgehead atoms. The van der Waals surface area contributed by atoms with E-state index >= 15 is 0 Å². The minimum atomic E-state index is -4.57. The van der Waals surface area contributed by atoms with Gasteiger partial charge in [0.15, 0.2) is 5.15 Å². The van der Waals surface area contributed by atoms with Crippen molar-refractivity contribution in [2.24, 2.45) is 0 Å². The van der Waals surface area contributed by atoms with Crippen molar-refractivity contribution in [1.29, 1.82) is 0 Å². The van der Waals surface area contributed by atoms with E-state index in [0.717, 1.165) is 12.3 Å². The van der Waals surface area contributed by atoms with E-state index in [1.165, 1.54) is 18.6 Å². The number of hydrogen-bond donors (Lipinski definition) is 1. The Bertz CT molecular complexity index is 1210. The van der Waals surface area contributed by atoms with Crippen molar-refractivity contribution in [2.75, 3.05) is 6.61 Å². The van der Waals surface area contributed by atoms with E-state index in [9.17, 15) is 18.0 Å². The summed E-state index contributed by atoms with van der Waals surface area (Å²) >= 11 is 12.4. The van der Waals surface area contributed by atoms with Crippen molar-refractivity contribution >= 4 is 29.1 Å². The number of rotatable bonds is 7. The van der Waals surface area contributed by atoms with Crippen LogP contribution < -0.4 is 10.1 Å². The Morgan fingerprint density at radius 1 is 1.18 bits per heavy atom. The van der Waals surface area contributed by atoms with Gasteiger partial charge in [0, 0.05) is 46.5 Å². The van der Waals surface area contributed by atoms with E-state index in [2.05, 4.69) is 20.3 Å². The number of carbonyl (C=O) groups excluding carboxylic acids is 1. The van der Waals surface area contributed by atoms with E-state index < -0.39 is 17.7 Å². The Labute approximate surface area is 204 Å². The van der Waals surface area contributed by atoms with Gasteiger partial charge in [0.2, 0.25) is 5.91 Å². The Morgan fingerprint density at radius 3 is 2.53 bits per heavy atom. The average Bonchev–Trinajstić information content (AvgIpc) is 2.80. The first kappa shape index (κ1) is 25.7. The normalized spacial score (nSPS) is 12.4. The van der Waals surface area contributed by atoms with Crippen LogP contribution in [0.5, 0.6) is 5.75 Å². The second-order valence-corrected chi connectivity index (χ2v) is 8.17. The molecule has 0 saturated heterocycles. The molecule has 3 aromatic rings. The molecular formula is C23H21Cl2F3N4O2. The number of carbonyl (C=O) groups is 1. The molecule has 11 heteroatoms. The predicted molar refractivity (Wildman–Crippen MR) is 123 cm³/mol. The second-order valence-electron chi connectivity index (χ2n) is 7.40. The molecular weight excluding hydrogens is 492 g/mol. The van der Waals surface area contributed by atoms with Crippen molar-refractivity contribution < 1.29 is 22.7 Å². The summed E-state index contributed by atoms with van der Waals surface area (Å²) in [7, 11) is 0. The Kier molecular flexibility index (Phi) is 7.99. The Hall–Kier alpha value is -2.91. The number of benzene rings is 1. The molecule has 1 N–H and O–H groups in total. The number of ether oxygens (including phenoxy) is 1. The Morgan fingerprint density at radius 2 is 1.88 bits per heavy atom. The minimum Gasteiger partial charge on any atom is -0.493 e. The molecule has 3 rings (SSSR count). The molecule has 2 aromatic heterocycles. The standard InChI is InChI=1S/C23H21Cl2F3N4O2/c1-4-34-20-16(12(2)22(33)32-11-18-21(25)31-6-5-30-18)8-17(24)13(3)19(20)14-7-15(10-29-9-14)23(26,27)28/h5-10,12H,4,11H2,1-3H3,(H,32,33). The summed E-state index contributed by atoms with van der Waals surface area (Å²) in [6.07, 6.45) is 0.375. The molecule has 0 saturated carbocycles. The molecule has 34 heavy (non-hydrogen) atoms. The number of aromatic nitrogens is 3. The number of alkyl halides is 3. The van der Waals surface area contributed by atoms with Crippen LogP contribution in [0.25, 0.3) is 11.1 Å². The van der Waals surface area contributed by atoms with Gasteiger partial charge in [0.05, 0.1) is 30.3 Å². The molecule has 1 unspecified atom stereocenters. The van der Waals surface area contributed by atoms with Crippen LogP contribution in [-0.2, 0) is 17.5 Å². The van der Waals surface area contributed by atoms with Crippen LogP contribution in [0.4, 0.5) is 13.2 Å². The molecule has 2 heterocycles. The smallest absolute Gasteiger partial charge is 0.417 e. The van der Waals surface area contributed by atoms with Crippen molar-refractivity contribution in [1.82, 2.24) is 20.3 Å². The van der Waals surface area contributed by atoms with Crippen molar-refractivity contribution in [3.05, 3.63) is 69.5 Å². The van der Waals surface area contributed by atoms with Crippen LogP contribution in [-0.4, -0.2) is 27.5 Å². The lowest BCUT2D eigenvalue weighted by Gasteiger charge is -2.22. The molecule has 1 atom stereocenters. The first-order valence-electron chi connectivity index (χ1n) is 10.3. The Balaban J connectivity index is 2.04. The van der Waals surface area contributed by atoms with Crippen molar-refractivity contribution in [3.63, 3.8) is 0 Å². The monoisotopic (exact) mass is 512 g/mol. The number of nitrogens with zero attached hydrogens (tertiary/aromatic N) is 3. The van der Waals surface area contributed by atoms with Gasteiger partial charge in [0.25, 0.3) is 0 Å². The molecule has 0 aliphatic rings. The largest absolute Gasteiger partial charge is 0.493 e. The topological polar surface area (TPSA) is 77.0 Å². The van der Waals surface area contributed by atoms with Crippen LogP contribution >= 0.6 is 23.2 Å². The van der Waals surface area contributed by atoms with E-state index in [1.54, 1.807) is 26.8 Å². The second kappa shape index (κ2) is 10.6. The van der Waals surface area contributed by atoms with Gasteiger partial charge >= 0.3 is 6.18 Å². The van der Waals surface area contributed by atoms with Crippen LogP contribution in [0.3, 0.4) is 0 Å². The van der Waals surface area contributed by atoms with E-state index in [-0.39, 0.29) is 40.5 Å². The lowest BCUT2D eigenvalue weighted by atomic mass is 9.91. The van der Waals surface area contributed by atoms with Crippen molar-refractivity contribution in [3.8, 4) is 16.9 Å². The van der Waals surface area contributed by atoms with Crippen LogP contribution in [0.15, 0.2) is 36.9 Å². The summed E-state index contributed by atoms with van der Waals surface area (Å²) in [5, 5.41) is 3.19. The maximum atomic E-state index is 13.3. The summed E-state index contributed by atoms with van der Waals surface area (Å²) in [4.78, 5) is 24.7. The van der Waals surface area contributed by atoms with Gasteiger partial charge in [-0.25, -0.2) is 4.98 Å². The van der Waals surface area contributed by atoms with Gasteiger partial charge < -0.3 is 10.1 Å². The van der Waals surface area contributed by atoms with Gasteiger partial charge in [0.1, 0.15) is 5.75 Å². The zero-order valence-corrected chi connectivity index (χ0v) is 20.0. The molecule has 1 amide bonds. The molecule has 0 aliphatic heterocycles. The summed E-state index contributed by atoms with van der Waals surface area (Å²) < 4.78 is 45.8. The SMILES string of the molecule is CCOc1c(C(C)C(=O)NCc2nccnc2Cl)cc(Cl)c(C)c1-c1cncc(C(F)(F)F)c1. The van der Waals surface area contributed by atoms with Crippen molar-refractivity contribution in [2.45, 2.75) is 39.4 Å². The number of pyridine rings is 1. The summed E-state index contributed by atoms with van der Waals surface area (Å²) in [6.45, 7) is 5.32. The average molecular weight is 513 g/mol. The molecule has 0 spiro atoms. The molecule has 180 valence electrons. The summed E-state index contributed by atoms with van der Waals surface area (Å²) in [6, 6.07) is 2.57. The zero-order chi connectivity index (χ0) is 25.0. The summed E-state index contributed by atoms with van der Waals surface area (Å²) in [5.74, 6) is -0.867. The molecule has 0 aliphatic carbocycles. The fourth-order valence-electron chi connectivity index (χ4n) is 3.38. The van der Waals surface area contributed by atoms with E-state index in [1.807, 2.05) is 0 Å². The molecule has 0 radical (unpaired) electrons. The molecule has 6 nitrogen and oxygen atoms in total. The molecule has 0 fully saturated rings. The highest BCUT2D eigenvalue weighted by molar-refractivity contribution is 6.32. The minimum absolute atomic E-state index is 0.0454. The van der Waals surface area contributed by atoms with Gasteiger partial charge in [-0.2, -0.15) is 13.2 Å². The van der Waals surface area contributed by atoms with Crippen LogP contribution in [0.1, 0.15) is 42.1 Å². The fourth-order valence-corrected chi connectivity index (χ4v) is 3.76. The van der Waals surface area contributed by atoms with Gasteiger partial charge in [-0.15, -0.1) is 0 Å². The maximum absolute atomic E-state index is 13.3. The van der Waals surface area contributed by atoms with Crippen LogP contribution in [0, 0.1) is 6.92 Å². The highest BCUT2D eigenvalue weighted by Crippen LogP contribution is 2.44. The number of hydrogen-bond acceptors (Lipinski definition) is 5. The zero-order valence-electron chi connectivity index (χ0n) is 18.5. The first-order valence-corrected chi connectivity index (χ1v) is 11.0. The quantitative estimate of drug-likeness (QED) is 0.420. The molecule has 1 aromatic carbocycles. The first-order chi connectivity index (χ1) is 16.0. The predicted octanol–water partition coefficient (Wildman–Crippen LogP) is 5.99. The lowest BCUT2D eigenvalue weighted by Crippen LogP contribution is -2.28. The van der Waals surface area contributed by atoms with Gasteiger partial charge in [-0.3, -0.25) is 14.8 Å². The highest BCUT2D eigenvalue weighted by Gasteiger charge is 2.32. The van der Waals surface area contributed by atoms with Crippen LogP contribution in [0.2, 0.25) is 10.2 Å². The fraction of sp³-hybridized carbons (Fsp3) is 0.304. The third-order valence-electron chi connectivity index (χ3n) is 5.16. The van der Waals surface area contributed by atoms with E-state index in [4.69, 9.17) is 27.9 Å². The maximum Gasteiger partial charge on any atom is 0.417 e. The van der Waals surface area contributed by atoms with E-state index in [0.29, 0.717) is 22.4 Å². The third kappa shape index (κ3) is 5.59. The van der Waals surface area contributed by atoms with Gasteiger partial charge in [-0.1, -0.05) is 23.2 Å². The number of amides is 1. The summed E-state index contributed by atoms with van der Waals surface area (Å²) in [5.41, 5.74) is 0.951. The van der Waals surface area contributed by atoms with Gasteiger partial charge in [-0.05, 0) is 38.5 Å². The number of nitrogens with one attached hydrogen (secondary N) is 1. The number of halogens is 5. The lowest BCUT2D eigenvalue weighted by molar-refractivity contribution is -0.137. The highest BCUT2D eigenvalue weighted by atomic mass is 35.5.